The molecule has 2 aliphatic heterocycles. The van der Waals surface area contributed by atoms with Gasteiger partial charge in [0.05, 0.1) is 29.0 Å². The van der Waals surface area contributed by atoms with E-state index in [0.717, 1.165) is 19.3 Å². The van der Waals surface area contributed by atoms with Gasteiger partial charge in [-0.15, -0.1) is 0 Å². The van der Waals surface area contributed by atoms with E-state index >= 15 is 0 Å². The lowest BCUT2D eigenvalue weighted by Gasteiger charge is -2.33. The molecule has 1 aliphatic carbocycles. The highest BCUT2D eigenvalue weighted by Gasteiger charge is 2.39. The Morgan fingerprint density at radius 3 is 2.76 bits per heavy atom. The van der Waals surface area contributed by atoms with Crippen molar-refractivity contribution in [2.24, 2.45) is 5.92 Å². The summed E-state index contributed by atoms with van der Waals surface area (Å²) in [5.41, 5.74) is 0.465. The SMILES string of the molecule is O=C(Nc1cccc2c1C(=O)NC2=O)C1=COC2CCCCC2C1=O. The number of hydrogen-bond acceptors (Lipinski definition) is 5. The number of rotatable bonds is 2. The highest BCUT2D eigenvalue weighted by molar-refractivity contribution is 6.28. The van der Waals surface area contributed by atoms with Crippen LogP contribution in [0.5, 0.6) is 0 Å². The molecule has 7 heteroatoms. The average molecular weight is 340 g/mol. The van der Waals surface area contributed by atoms with Crippen molar-refractivity contribution in [2.45, 2.75) is 31.8 Å². The Balaban J connectivity index is 1.59. The van der Waals surface area contributed by atoms with Crippen LogP contribution in [0.25, 0.3) is 0 Å². The lowest BCUT2D eigenvalue weighted by molar-refractivity contribution is -0.129. The molecular formula is C18H16N2O5. The Morgan fingerprint density at radius 1 is 1.12 bits per heavy atom. The molecule has 25 heavy (non-hydrogen) atoms. The largest absolute Gasteiger partial charge is 0.496 e. The van der Waals surface area contributed by atoms with Crippen LogP contribution in [0.1, 0.15) is 46.4 Å². The van der Waals surface area contributed by atoms with Crippen molar-refractivity contribution in [3.63, 3.8) is 0 Å². The number of ether oxygens (including phenoxy) is 1. The van der Waals surface area contributed by atoms with Crippen LogP contribution in [0.2, 0.25) is 0 Å². The van der Waals surface area contributed by atoms with E-state index in [-0.39, 0.29) is 40.2 Å². The molecule has 0 saturated heterocycles. The van der Waals surface area contributed by atoms with Crippen LogP contribution in [0.4, 0.5) is 5.69 Å². The summed E-state index contributed by atoms with van der Waals surface area (Å²) in [7, 11) is 0. The van der Waals surface area contributed by atoms with Gasteiger partial charge in [-0.2, -0.15) is 0 Å². The Labute approximate surface area is 143 Å². The number of benzene rings is 1. The van der Waals surface area contributed by atoms with E-state index in [1.165, 1.54) is 18.4 Å². The molecular weight excluding hydrogens is 324 g/mol. The van der Waals surface area contributed by atoms with E-state index in [1.807, 2.05) is 0 Å². The van der Waals surface area contributed by atoms with Crippen LogP contribution < -0.4 is 10.6 Å². The number of imide groups is 1. The monoisotopic (exact) mass is 340 g/mol. The molecule has 1 aromatic rings. The number of Topliss-reactive ketones (excluding diaryl/α,β-unsaturated/α-hetero) is 1. The number of ketones is 1. The van der Waals surface area contributed by atoms with Gasteiger partial charge in [0, 0.05) is 0 Å². The zero-order valence-electron chi connectivity index (χ0n) is 13.3. The molecule has 4 rings (SSSR count). The number of fused-ring (bicyclic) bond motifs is 2. The first-order valence-electron chi connectivity index (χ1n) is 8.26. The molecule has 1 aromatic carbocycles. The highest BCUT2D eigenvalue weighted by atomic mass is 16.5. The Bertz CT molecular complexity index is 842. The van der Waals surface area contributed by atoms with Crippen LogP contribution in [-0.2, 0) is 14.3 Å². The maximum Gasteiger partial charge on any atom is 0.262 e. The van der Waals surface area contributed by atoms with Crippen molar-refractivity contribution in [2.75, 3.05) is 5.32 Å². The average Bonchev–Trinajstić information content (AvgIpc) is 2.90. The number of nitrogens with one attached hydrogen (secondary N) is 2. The molecule has 2 unspecified atom stereocenters. The van der Waals surface area contributed by atoms with Crippen LogP contribution in [-0.4, -0.2) is 29.6 Å². The van der Waals surface area contributed by atoms with Crippen molar-refractivity contribution in [3.05, 3.63) is 41.2 Å². The molecule has 1 saturated carbocycles. The second-order valence-electron chi connectivity index (χ2n) is 6.43. The molecule has 0 aromatic heterocycles. The normalized spacial score (nSPS) is 24.6. The fraction of sp³-hybridized carbons (Fsp3) is 0.333. The third-order valence-corrected chi connectivity index (χ3v) is 4.92. The molecule has 128 valence electrons. The molecule has 2 heterocycles. The van der Waals surface area contributed by atoms with Gasteiger partial charge in [0.1, 0.15) is 11.7 Å². The van der Waals surface area contributed by atoms with Gasteiger partial charge in [-0.3, -0.25) is 24.5 Å². The van der Waals surface area contributed by atoms with Crippen molar-refractivity contribution in [3.8, 4) is 0 Å². The molecule has 1 fully saturated rings. The first kappa shape index (κ1) is 15.6. The lowest BCUT2D eigenvalue weighted by Crippen LogP contribution is -2.39. The van der Waals surface area contributed by atoms with E-state index in [2.05, 4.69) is 10.6 Å². The number of carbonyl (C=O) groups excluding carboxylic acids is 4. The third kappa shape index (κ3) is 2.52. The summed E-state index contributed by atoms with van der Waals surface area (Å²) < 4.78 is 5.58. The zero-order valence-corrected chi connectivity index (χ0v) is 13.3. The summed E-state index contributed by atoms with van der Waals surface area (Å²) in [6.07, 6.45) is 4.56. The summed E-state index contributed by atoms with van der Waals surface area (Å²) in [5, 5.41) is 4.75. The number of anilines is 1. The predicted molar refractivity (Wildman–Crippen MR) is 86.8 cm³/mol. The minimum atomic E-state index is -0.630. The second-order valence-corrected chi connectivity index (χ2v) is 6.43. The predicted octanol–water partition coefficient (Wildman–Crippen LogP) is 1.55. The van der Waals surface area contributed by atoms with Crippen molar-refractivity contribution >= 4 is 29.2 Å². The van der Waals surface area contributed by atoms with Crippen LogP contribution >= 0.6 is 0 Å². The molecule has 2 N–H and O–H groups in total. The lowest BCUT2D eigenvalue weighted by atomic mass is 9.80. The van der Waals surface area contributed by atoms with Crippen LogP contribution in [0.3, 0.4) is 0 Å². The number of carbonyl (C=O) groups is 4. The third-order valence-electron chi connectivity index (χ3n) is 4.92. The summed E-state index contributed by atoms with van der Waals surface area (Å²) in [6.45, 7) is 0. The molecule has 3 amide bonds. The molecule has 0 radical (unpaired) electrons. The zero-order chi connectivity index (χ0) is 17.6. The standard InChI is InChI=1S/C18H16N2O5/c21-15-9-4-1-2-7-13(9)25-8-11(15)17(23)19-12-6-3-5-10-14(12)18(24)20-16(10)22/h3,5-6,8-9,13H,1-2,4,7H2,(H,19,23)(H,20,22,24). The van der Waals surface area contributed by atoms with Crippen LogP contribution in [0, 0.1) is 5.92 Å². The van der Waals surface area contributed by atoms with Crippen LogP contribution in [0.15, 0.2) is 30.0 Å². The summed E-state index contributed by atoms with van der Waals surface area (Å²) in [5.74, 6) is -2.21. The Kier molecular flexibility index (Phi) is 3.63. The van der Waals surface area contributed by atoms with Gasteiger partial charge < -0.3 is 10.1 Å². The van der Waals surface area contributed by atoms with E-state index < -0.39 is 17.7 Å². The summed E-state index contributed by atoms with van der Waals surface area (Å²) in [6, 6.07) is 4.59. The minimum Gasteiger partial charge on any atom is -0.496 e. The fourth-order valence-electron chi connectivity index (χ4n) is 3.65. The summed E-state index contributed by atoms with van der Waals surface area (Å²) >= 11 is 0. The van der Waals surface area contributed by atoms with Gasteiger partial charge in [0.2, 0.25) is 0 Å². The van der Waals surface area contributed by atoms with Crippen molar-refractivity contribution in [1.82, 2.24) is 5.32 Å². The van der Waals surface area contributed by atoms with Gasteiger partial charge in [-0.25, -0.2) is 0 Å². The molecule has 7 nitrogen and oxygen atoms in total. The molecule has 3 aliphatic rings. The topological polar surface area (TPSA) is 102 Å². The molecule has 0 spiro atoms. The summed E-state index contributed by atoms with van der Waals surface area (Å²) in [4.78, 5) is 48.8. The molecule has 2 atom stereocenters. The van der Waals surface area contributed by atoms with E-state index in [4.69, 9.17) is 4.74 Å². The van der Waals surface area contributed by atoms with E-state index in [1.54, 1.807) is 6.07 Å². The van der Waals surface area contributed by atoms with Gasteiger partial charge in [-0.1, -0.05) is 12.5 Å². The minimum absolute atomic E-state index is 0.0505. The fourth-order valence-corrected chi connectivity index (χ4v) is 3.65. The Hall–Kier alpha value is -2.96. The number of amides is 3. The molecule has 0 bridgehead atoms. The quantitative estimate of drug-likeness (QED) is 0.628. The van der Waals surface area contributed by atoms with Gasteiger partial charge in [0.25, 0.3) is 17.7 Å². The highest BCUT2D eigenvalue weighted by Crippen LogP contribution is 2.33. The maximum absolute atomic E-state index is 12.6. The van der Waals surface area contributed by atoms with E-state index in [9.17, 15) is 19.2 Å². The van der Waals surface area contributed by atoms with Crippen molar-refractivity contribution in [1.29, 1.82) is 0 Å². The van der Waals surface area contributed by atoms with Crippen molar-refractivity contribution < 1.29 is 23.9 Å². The maximum atomic E-state index is 12.6. The van der Waals surface area contributed by atoms with Gasteiger partial charge in [-0.05, 0) is 31.4 Å². The van der Waals surface area contributed by atoms with Gasteiger partial charge in [0.15, 0.2) is 5.78 Å². The second kappa shape index (κ2) is 5.84. The number of hydrogen-bond donors (Lipinski definition) is 2. The first-order valence-corrected chi connectivity index (χ1v) is 8.26. The smallest absolute Gasteiger partial charge is 0.262 e. The first-order chi connectivity index (χ1) is 12.1. The van der Waals surface area contributed by atoms with Gasteiger partial charge >= 0.3 is 0 Å². The van der Waals surface area contributed by atoms with E-state index in [0.29, 0.717) is 6.42 Å². The Morgan fingerprint density at radius 2 is 1.92 bits per heavy atom.